The van der Waals surface area contributed by atoms with Crippen LogP contribution in [0.15, 0.2) is 40.6 Å². The Kier molecular flexibility index (Phi) is 5.89. The van der Waals surface area contributed by atoms with E-state index in [1.54, 1.807) is 12.3 Å². The lowest BCUT2D eigenvalue weighted by molar-refractivity contribution is 0.177. The summed E-state index contributed by atoms with van der Waals surface area (Å²) in [6.07, 6.45) is 4.02. The van der Waals surface area contributed by atoms with Gasteiger partial charge < -0.3 is 15.2 Å². The van der Waals surface area contributed by atoms with Crippen molar-refractivity contribution in [3.8, 4) is 0 Å². The number of pyridine rings is 1. The van der Waals surface area contributed by atoms with Gasteiger partial charge in [0.2, 0.25) is 0 Å². The second-order valence-corrected chi connectivity index (χ2v) is 7.89. The van der Waals surface area contributed by atoms with Crippen LogP contribution < -0.4 is 0 Å². The van der Waals surface area contributed by atoms with Gasteiger partial charge in [0.25, 0.3) is 0 Å². The number of likely N-dealkylation sites (tertiary alicyclic amines) is 1. The highest BCUT2D eigenvalue weighted by Gasteiger charge is 2.24. The maximum atomic E-state index is 13.4. The van der Waals surface area contributed by atoms with Crippen LogP contribution in [-0.2, 0) is 12.8 Å². The summed E-state index contributed by atoms with van der Waals surface area (Å²) in [5, 5.41) is 22.8. The average molecular weight is 417 g/mol. The Hall–Kier alpha value is -2.35. The first-order valence-electron chi connectivity index (χ1n) is 9.63. The smallest absolute Gasteiger partial charge is 0.155 e. The largest absolute Gasteiger partial charge is 0.411 e. The Morgan fingerprint density at radius 1 is 1.34 bits per heavy atom. The molecule has 1 saturated heterocycles. The van der Waals surface area contributed by atoms with Crippen molar-refractivity contribution in [3.05, 3.63) is 58.0 Å². The number of oxime groups is 1. The van der Waals surface area contributed by atoms with Crippen LogP contribution in [0.5, 0.6) is 0 Å². The van der Waals surface area contributed by atoms with E-state index < -0.39 is 5.82 Å². The van der Waals surface area contributed by atoms with E-state index >= 15 is 0 Å². The van der Waals surface area contributed by atoms with Gasteiger partial charge in [0.1, 0.15) is 5.82 Å². The third-order valence-corrected chi connectivity index (χ3v) is 5.72. The SMILES string of the molecule is O/N=C(\Cc1ccc(F)c(Cl)c1)c1ccnc2c1CC(CCN1CC[C@H](O)C1)=N2. The average Bonchev–Trinajstić information content (AvgIpc) is 3.32. The molecule has 2 N–H and O–H groups in total. The van der Waals surface area contributed by atoms with Crippen LogP contribution in [0.4, 0.5) is 10.2 Å². The van der Waals surface area contributed by atoms with Crippen LogP contribution in [0.2, 0.25) is 5.02 Å². The number of aliphatic hydroxyl groups excluding tert-OH is 1. The third-order valence-electron chi connectivity index (χ3n) is 5.43. The number of benzene rings is 1. The molecule has 1 fully saturated rings. The van der Waals surface area contributed by atoms with Crippen LogP contribution >= 0.6 is 11.6 Å². The predicted molar refractivity (Wildman–Crippen MR) is 110 cm³/mol. The van der Waals surface area contributed by atoms with E-state index in [4.69, 9.17) is 11.6 Å². The van der Waals surface area contributed by atoms with E-state index in [0.717, 1.165) is 48.3 Å². The minimum Gasteiger partial charge on any atom is -0.411 e. The monoisotopic (exact) mass is 416 g/mol. The van der Waals surface area contributed by atoms with Crippen molar-refractivity contribution < 1.29 is 14.7 Å². The van der Waals surface area contributed by atoms with Crippen LogP contribution in [0, 0.1) is 5.82 Å². The molecule has 1 atom stereocenters. The van der Waals surface area contributed by atoms with Crippen molar-refractivity contribution in [1.29, 1.82) is 0 Å². The van der Waals surface area contributed by atoms with Crippen LogP contribution in [-0.4, -0.2) is 57.4 Å². The van der Waals surface area contributed by atoms with E-state index in [1.807, 2.05) is 6.07 Å². The fraction of sp³-hybridized carbons (Fsp3) is 0.381. The minimum absolute atomic E-state index is 0.0393. The molecule has 1 aromatic heterocycles. The van der Waals surface area contributed by atoms with E-state index in [0.29, 0.717) is 30.9 Å². The summed E-state index contributed by atoms with van der Waals surface area (Å²) < 4.78 is 13.4. The molecule has 0 radical (unpaired) electrons. The number of rotatable bonds is 6. The van der Waals surface area contributed by atoms with Crippen LogP contribution in [0.1, 0.15) is 29.5 Å². The summed E-state index contributed by atoms with van der Waals surface area (Å²) in [7, 11) is 0. The van der Waals surface area contributed by atoms with Gasteiger partial charge in [-0.2, -0.15) is 0 Å². The van der Waals surface area contributed by atoms with E-state index in [2.05, 4.69) is 20.0 Å². The number of hydrogen-bond acceptors (Lipinski definition) is 6. The Balaban J connectivity index is 1.47. The minimum atomic E-state index is -0.480. The van der Waals surface area contributed by atoms with Gasteiger partial charge in [0, 0.05) is 55.5 Å². The van der Waals surface area contributed by atoms with Gasteiger partial charge in [-0.25, -0.2) is 14.4 Å². The summed E-state index contributed by atoms with van der Waals surface area (Å²) in [6, 6.07) is 6.28. The number of hydrogen-bond donors (Lipinski definition) is 2. The van der Waals surface area contributed by atoms with Gasteiger partial charge in [-0.3, -0.25) is 0 Å². The summed E-state index contributed by atoms with van der Waals surface area (Å²) in [5.41, 5.74) is 3.97. The molecule has 2 aromatic rings. The van der Waals surface area contributed by atoms with E-state index in [-0.39, 0.29) is 11.1 Å². The molecule has 1 aromatic carbocycles. The van der Waals surface area contributed by atoms with E-state index in [1.165, 1.54) is 12.1 Å². The standard InChI is InChI=1S/C21H22ClFN4O2/c22-18-9-13(1-2-19(18)23)10-20(26-29)16-3-6-24-21-17(16)11-14(25-21)4-7-27-8-5-15(28)12-27/h1-3,6,9,15,28-29H,4-5,7-8,10-12H2/b26-20+/t15-/m0/s1. The molecule has 29 heavy (non-hydrogen) atoms. The molecule has 4 rings (SSSR count). The zero-order valence-corrected chi connectivity index (χ0v) is 16.6. The highest BCUT2D eigenvalue weighted by molar-refractivity contribution is 6.30. The van der Waals surface area contributed by atoms with Gasteiger partial charge in [-0.1, -0.05) is 22.8 Å². The number of aliphatic hydroxyl groups is 1. The van der Waals surface area contributed by atoms with Gasteiger partial charge in [-0.05, 0) is 36.6 Å². The second kappa shape index (κ2) is 8.57. The maximum Gasteiger partial charge on any atom is 0.155 e. The lowest BCUT2D eigenvalue weighted by Crippen LogP contribution is -2.25. The highest BCUT2D eigenvalue weighted by Crippen LogP contribution is 2.30. The molecule has 2 aliphatic rings. The normalized spacial score (nSPS) is 19.5. The maximum absolute atomic E-state index is 13.4. The summed E-state index contributed by atoms with van der Waals surface area (Å²) in [4.78, 5) is 11.3. The first kappa shape index (κ1) is 19.9. The van der Waals surface area contributed by atoms with Crippen molar-refractivity contribution in [2.24, 2.45) is 10.1 Å². The highest BCUT2D eigenvalue weighted by atomic mass is 35.5. The summed E-state index contributed by atoms with van der Waals surface area (Å²) in [6.45, 7) is 2.48. The van der Waals surface area contributed by atoms with E-state index in [9.17, 15) is 14.7 Å². The molecule has 0 bridgehead atoms. The van der Waals surface area contributed by atoms with Crippen LogP contribution in [0.25, 0.3) is 0 Å². The molecule has 2 aliphatic heterocycles. The molecule has 6 nitrogen and oxygen atoms in total. The van der Waals surface area contributed by atoms with Gasteiger partial charge in [0.15, 0.2) is 5.82 Å². The Bertz CT molecular complexity index is 979. The van der Waals surface area contributed by atoms with Crippen molar-refractivity contribution in [1.82, 2.24) is 9.88 Å². The Morgan fingerprint density at radius 3 is 2.93 bits per heavy atom. The van der Waals surface area contributed by atoms with Gasteiger partial charge in [0.05, 0.1) is 16.8 Å². The second-order valence-electron chi connectivity index (χ2n) is 7.48. The number of fused-ring (bicyclic) bond motifs is 1. The van der Waals surface area contributed by atoms with Gasteiger partial charge in [-0.15, -0.1) is 0 Å². The van der Waals surface area contributed by atoms with Crippen LogP contribution in [0.3, 0.4) is 0 Å². The molecule has 152 valence electrons. The summed E-state index contributed by atoms with van der Waals surface area (Å²) in [5.74, 6) is 0.170. The number of aromatic nitrogens is 1. The van der Waals surface area contributed by atoms with Crippen molar-refractivity contribution >= 4 is 28.8 Å². The fourth-order valence-corrected chi connectivity index (χ4v) is 4.09. The zero-order chi connectivity index (χ0) is 20.4. The zero-order valence-electron chi connectivity index (χ0n) is 15.9. The topological polar surface area (TPSA) is 81.3 Å². The molecule has 0 aliphatic carbocycles. The first-order chi connectivity index (χ1) is 14.0. The lowest BCUT2D eigenvalue weighted by Gasteiger charge is -2.14. The van der Waals surface area contributed by atoms with Crippen molar-refractivity contribution in [2.45, 2.75) is 31.8 Å². The molecular formula is C21H22ClFN4O2. The lowest BCUT2D eigenvalue weighted by atomic mass is 9.96. The fourth-order valence-electron chi connectivity index (χ4n) is 3.89. The molecule has 0 spiro atoms. The first-order valence-corrected chi connectivity index (χ1v) is 10.0. The Labute approximate surface area is 173 Å². The molecule has 3 heterocycles. The number of aliphatic imine (C=N–C) groups is 1. The molecule has 0 amide bonds. The molecule has 0 unspecified atom stereocenters. The molecule has 0 saturated carbocycles. The van der Waals surface area contributed by atoms with Crippen molar-refractivity contribution in [2.75, 3.05) is 19.6 Å². The molecular weight excluding hydrogens is 395 g/mol. The third kappa shape index (κ3) is 4.47. The number of β-amino-alcohol motifs (C(OH)–C–C–N with tert-alkyl or cyclic N) is 1. The summed E-state index contributed by atoms with van der Waals surface area (Å²) >= 11 is 5.87. The predicted octanol–water partition coefficient (Wildman–Crippen LogP) is 3.38. The van der Waals surface area contributed by atoms with Gasteiger partial charge >= 0.3 is 0 Å². The Morgan fingerprint density at radius 2 is 2.21 bits per heavy atom. The number of halogens is 2. The number of nitrogens with zero attached hydrogens (tertiary/aromatic N) is 4. The molecule has 8 heteroatoms. The quantitative estimate of drug-likeness (QED) is 0.429. The van der Waals surface area contributed by atoms with Crippen molar-refractivity contribution in [3.63, 3.8) is 0 Å².